The maximum atomic E-state index is 4.53. The third kappa shape index (κ3) is 2.48. The Kier molecular flexibility index (Phi) is 3.21. The molecule has 0 aromatic carbocycles. The van der Waals surface area contributed by atoms with Crippen LogP contribution in [0.1, 0.15) is 18.2 Å². The van der Waals surface area contributed by atoms with Crippen LogP contribution in [0.3, 0.4) is 0 Å². The van der Waals surface area contributed by atoms with Gasteiger partial charge in [-0.25, -0.2) is 0 Å². The molecule has 0 radical (unpaired) electrons. The number of likely N-dealkylation sites (N-methyl/N-ethyl adjacent to an activating group) is 1. The molecular formula is C12H16N2S. The van der Waals surface area contributed by atoms with Gasteiger partial charge in [0.15, 0.2) is 0 Å². The van der Waals surface area contributed by atoms with Crippen molar-refractivity contribution in [3.05, 3.63) is 28.5 Å². The van der Waals surface area contributed by atoms with E-state index in [0.717, 1.165) is 18.9 Å². The van der Waals surface area contributed by atoms with Crippen molar-refractivity contribution in [3.63, 3.8) is 0 Å². The van der Waals surface area contributed by atoms with Crippen molar-refractivity contribution in [2.45, 2.75) is 13.3 Å². The fraction of sp³-hybridized carbons (Fsp3) is 0.417. The smallest absolute Gasteiger partial charge is 0.123 e. The highest BCUT2D eigenvalue weighted by atomic mass is 32.1. The predicted octanol–water partition coefficient (Wildman–Crippen LogP) is 2.89. The summed E-state index contributed by atoms with van der Waals surface area (Å²) < 4.78 is 0. The molecule has 1 aliphatic heterocycles. The molecule has 0 amide bonds. The van der Waals surface area contributed by atoms with Gasteiger partial charge in [0.25, 0.3) is 0 Å². The molecule has 1 aromatic heterocycles. The van der Waals surface area contributed by atoms with E-state index >= 15 is 0 Å². The first-order valence-corrected chi connectivity index (χ1v) is 6.13. The minimum absolute atomic E-state index is 0.966. The average Bonchev–Trinajstić information content (AvgIpc) is 2.74. The molecule has 0 aliphatic carbocycles. The molecule has 15 heavy (non-hydrogen) atoms. The van der Waals surface area contributed by atoms with Crippen molar-refractivity contribution in [1.82, 2.24) is 4.90 Å². The van der Waals surface area contributed by atoms with Gasteiger partial charge in [0.1, 0.15) is 5.84 Å². The molecule has 2 heterocycles. The van der Waals surface area contributed by atoms with Crippen LogP contribution < -0.4 is 0 Å². The molecule has 0 spiro atoms. The van der Waals surface area contributed by atoms with E-state index in [1.54, 1.807) is 11.3 Å². The molecule has 1 aliphatic rings. The summed E-state index contributed by atoms with van der Waals surface area (Å²) in [5, 5.41) is 2.11. The number of aliphatic imine (C=N–C) groups is 1. The Bertz CT molecular complexity index is 376. The topological polar surface area (TPSA) is 15.6 Å². The Labute approximate surface area is 95.0 Å². The van der Waals surface area contributed by atoms with Crippen molar-refractivity contribution in [1.29, 1.82) is 0 Å². The zero-order valence-electron chi connectivity index (χ0n) is 9.23. The van der Waals surface area contributed by atoms with Crippen LogP contribution in [0.4, 0.5) is 0 Å². The highest BCUT2D eigenvalue weighted by Gasteiger charge is 2.08. The van der Waals surface area contributed by atoms with E-state index < -0.39 is 0 Å². The van der Waals surface area contributed by atoms with Gasteiger partial charge in [-0.2, -0.15) is 0 Å². The van der Waals surface area contributed by atoms with Gasteiger partial charge in [-0.1, -0.05) is 6.07 Å². The second kappa shape index (κ2) is 4.62. The maximum Gasteiger partial charge on any atom is 0.123 e. The van der Waals surface area contributed by atoms with E-state index in [1.807, 2.05) is 0 Å². The van der Waals surface area contributed by atoms with Gasteiger partial charge in [-0.3, -0.25) is 4.99 Å². The third-order valence-electron chi connectivity index (χ3n) is 2.57. The first kappa shape index (κ1) is 10.4. The normalized spacial score (nSPS) is 17.9. The maximum absolute atomic E-state index is 4.53. The van der Waals surface area contributed by atoms with E-state index in [-0.39, 0.29) is 0 Å². The Morgan fingerprint density at radius 1 is 1.60 bits per heavy atom. The number of allylic oxidation sites excluding steroid dienone is 1. The first-order valence-electron chi connectivity index (χ1n) is 5.25. The summed E-state index contributed by atoms with van der Waals surface area (Å²) in [7, 11) is 2.11. The number of amidine groups is 1. The van der Waals surface area contributed by atoms with Gasteiger partial charge < -0.3 is 4.90 Å². The third-order valence-corrected chi connectivity index (χ3v) is 3.58. The lowest BCUT2D eigenvalue weighted by Gasteiger charge is -2.23. The van der Waals surface area contributed by atoms with Gasteiger partial charge in [-0.05, 0) is 36.4 Å². The molecule has 0 unspecified atom stereocenters. The van der Waals surface area contributed by atoms with Crippen LogP contribution in [-0.2, 0) is 0 Å². The molecule has 0 saturated carbocycles. The lowest BCUT2D eigenvalue weighted by Crippen LogP contribution is -2.30. The second-order valence-electron chi connectivity index (χ2n) is 3.82. The summed E-state index contributed by atoms with van der Waals surface area (Å²) in [6, 6.07) is 4.24. The molecule has 3 heteroatoms. The summed E-state index contributed by atoms with van der Waals surface area (Å²) in [5.41, 5.74) is 1.30. The Hall–Kier alpha value is -1.09. The highest BCUT2D eigenvalue weighted by molar-refractivity contribution is 7.11. The summed E-state index contributed by atoms with van der Waals surface area (Å²) in [4.78, 5) is 8.08. The number of hydrogen-bond donors (Lipinski definition) is 0. The van der Waals surface area contributed by atoms with Gasteiger partial charge in [-0.15, -0.1) is 11.3 Å². The molecule has 0 N–H and O–H groups in total. The van der Waals surface area contributed by atoms with Gasteiger partial charge in [0.05, 0.1) is 0 Å². The number of nitrogens with zero attached hydrogens (tertiary/aromatic N) is 2. The summed E-state index contributed by atoms with van der Waals surface area (Å²) >= 11 is 1.78. The standard InChI is InChI=1S/C12H16N2S/c1-10(11-5-3-8-15-11)9-12-13-6-4-7-14(12)2/h3,5,8-9H,4,6-7H2,1-2H3/b10-9+. The van der Waals surface area contributed by atoms with Crippen LogP contribution in [0.25, 0.3) is 5.57 Å². The Morgan fingerprint density at radius 2 is 2.47 bits per heavy atom. The quantitative estimate of drug-likeness (QED) is 0.748. The lowest BCUT2D eigenvalue weighted by molar-refractivity contribution is 0.470. The largest absolute Gasteiger partial charge is 0.360 e. The SMILES string of the molecule is C/C(=C\C1=NCCCN1C)c1cccs1. The van der Waals surface area contributed by atoms with Gasteiger partial charge >= 0.3 is 0 Å². The Balaban J connectivity index is 2.19. The van der Waals surface area contributed by atoms with E-state index in [2.05, 4.69) is 47.5 Å². The van der Waals surface area contributed by atoms with Crippen LogP contribution in [0.2, 0.25) is 0 Å². The summed E-state index contributed by atoms with van der Waals surface area (Å²) in [6.07, 6.45) is 3.36. The molecule has 1 aromatic rings. The lowest BCUT2D eigenvalue weighted by atomic mass is 10.2. The molecule has 0 fully saturated rings. The van der Waals surface area contributed by atoms with Crippen LogP contribution in [0.15, 0.2) is 28.6 Å². The first-order chi connectivity index (χ1) is 7.27. The van der Waals surface area contributed by atoms with Crippen molar-refractivity contribution in [2.24, 2.45) is 4.99 Å². The van der Waals surface area contributed by atoms with Crippen LogP contribution in [0, 0.1) is 0 Å². The van der Waals surface area contributed by atoms with Gasteiger partial charge in [0.2, 0.25) is 0 Å². The predicted molar refractivity (Wildman–Crippen MR) is 67.5 cm³/mol. The van der Waals surface area contributed by atoms with Crippen molar-refractivity contribution in [3.8, 4) is 0 Å². The fourth-order valence-corrected chi connectivity index (χ4v) is 2.37. The monoisotopic (exact) mass is 220 g/mol. The molecule has 80 valence electrons. The zero-order valence-corrected chi connectivity index (χ0v) is 10.0. The Morgan fingerprint density at radius 3 is 3.13 bits per heavy atom. The summed E-state index contributed by atoms with van der Waals surface area (Å²) in [5.74, 6) is 1.12. The zero-order chi connectivity index (χ0) is 10.7. The highest BCUT2D eigenvalue weighted by Crippen LogP contribution is 2.20. The van der Waals surface area contributed by atoms with E-state index in [0.29, 0.717) is 0 Å². The van der Waals surface area contributed by atoms with Crippen LogP contribution in [0.5, 0.6) is 0 Å². The average molecular weight is 220 g/mol. The van der Waals surface area contributed by atoms with Crippen LogP contribution in [-0.4, -0.2) is 30.9 Å². The molecule has 0 saturated heterocycles. The molecular weight excluding hydrogens is 204 g/mol. The minimum Gasteiger partial charge on any atom is -0.360 e. The van der Waals surface area contributed by atoms with Crippen molar-refractivity contribution >= 4 is 22.7 Å². The number of hydrogen-bond acceptors (Lipinski definition) is 3. The number of rotatable bonds is 2. The fourth-order valence-electron chi connectivity index (χ4n) is 1.66. The summed E-state index contributed by atoms with van der Waals surface area (Å²) in [6.45, 7) is 4.23. The van der Waals surface area contributed by atoms with E-state index in [1.165, 1.54) is 16.9 Å². The second-order valence-corrected chi connectivity index (χ2v) is 4.77. The van der Waals surface area contributed by atoms with Crippen LogP contribution >= 0.6 is 11.3 Å². The van der Waals surface area contributed by atoms with E-state index in [4.69, 9.17) is 0 Å². The molecule has 0 bridgehead atoms. The molecule has 2 rings (SSSR count). The number of thiophene rings is 1. The molecule has 2 nitrogen and oxygen atoms in total. The van der Waals surface area contributed by atoms with Gasteiger partial charge in [0, 0.05) is 25.0 Å². The minimum atomic E-state index is 0.966. The molecule has 0 atom stereocenters. The van der Waals surface area contributed by atoms with Crippen molar-refractivity contribution in [2.75, 3.05) is 20.1 Å². The van der Waals surface area contributed by atoms with E-state index in [9.17, 15) is 0 Å². The van der Waals surface area contributed by atoms with Crippen molar-refractivity contribution < 1.29 is 0 Å².